The number of fused-ring (bicyclic) bond motifs is 1. The first-order valence-electron chi connectivity index (χ1n) is 7.77. The topological polar surface area (TPSA) is 105 Å². The molecule has 0 aliphatic heterocycles. The van der Waals surface area contributed by atoms with E-state index in [2.05, 4.69) is 10.2 Å². The van der Waals surface area contributed by atoms with Crippen molar-refractivity contribution in [3.63, 3.8) is 0 Å². The zero-order chi connectivity index (χ0) is 18.2. The van der Waals surface area contributed by atoms with Crippen LogP contribution in [-0.2, 0) is 16.1 Å². The summed E-state index contributed by atoms with van der Waals surface area (Å²) in [7, 11) is 0. The molecule has 2 N–H and O–H groups in total. The molecule has 8 heteroatoms. The first-order chi connectivity index (χ1) is 11.7. The van der Waals surface area contributed by atoms with E-state index in [0.717, 1.165) is 5.69 Å². The fraction of sp³-hybridized carbons (Fsp3) is 0.294. The van der Waals surface area contributed by atoms with Crippen molar-refractivity contribution in [2.45, 2.75) is 32.9 Å². The lowest BCUT2D eigenvalue weighted by Crippen LogP contribution is -2.27. The number of esters is 1. The van der Waals surface area contributed by atoms with Crippen LogP contribution in [0, 0.1) is 0 Å². The lowest BCUT2D eigenvalue weighted by molar-refractivity contribution is -0.155. The summed E-state index contributed by atoms with van der Waals surface area (Å²) in [5.41, 5.74) is 6.33. The molecular weight excluding hydrogens is 322 g/mol. The van der Waals surface area contributed by atoms with E-state index in [1.54, 1.807) is 56.0 Å². The number of carbonyl (C=O) groups is 2. The zero-order valence-corrected chi connectivity index (χ0v) is 14.3. The maximum absolute atomic E-state index is 12.1. The number of amides is 1. The Balaban J connectivity index is 2.03. The van der Waals surface area contributed by atoms with Crippen molar-refractivity contribution >= 4 is 22.8 Å². The molecule has 0 radical (unpaired) electrons. The Morgan fingerprint density at radius 2 is 2.04 bits per heavy atom. The van der Waals surface area contributed by atoms with Crippen molar-refractivity contribution in [2.75, 3.05) is 0 Å². The number of primary amides is 1. The molecule has 8 nitrogen and oxygen atoms in total. The van der Waals surface area contributed by atoms with Gasteiger partial charge in [-0.3, -0.25) is 14.3 Å². The predicted molar refractivity (Wildman–Crippen MR) is 91.2 cm³/mol. The summed E-state index contributed by atoms with van der Waals surface area (Å²) >= 11 is 0. The van der Waals surface area contributed by atoms with E-state index in [-0.39, 0.29) is 12.2 Å². The lowest BCUT2D eigenvalue weighted by Gasteiger charge is -2.19. The first kappa shape index (κ1) is 16.7. The number of rotatable bonds is 4. The summed E-state index contributed by atoms with van der Waals surface area (Å²) in [6.45, 7) is 5.26. The minimum atomic E-state index is -0.662. The van der Waals surface area contributed by atoms with Crippen LogP contribution in [0.15, 0.2) is 36.7 Å². The van der Waals surface area contributed by atoms with Crippen LogP contribution in [0.4, 0.5) is 0 Å². The van der Waals surface area contributed by atoms with Crippen LogP contribution in [-0.4, -0.2) is 37.0 Å². The minimum absolute atomic E-state index is 0.104. The molecular formula is C17H19N5O3. The third-order valence-corrected chi connectivity index (χ3v) is 3.44. The molecule has 1 aromatic carbocycles. The van der Waals surface area contributed by atoms with Gasteiger partial charge in [0.1, 0.15) is 12.1 Å². The number of nitrogens with two attached hydrogens (primary N) is 1. The molecule has 0 fully saturated rings. The number of hydrogen-bond acceptors (Lipinski definition) is 5. The maximum atomic E-state index is 12.1. The number of benzene rings is 1. The Morgan fingerprint density at radius 1 is 1.28 bits per heavy atom. The Bertz CT molecular complexity index is 935. The normalized spacial score (nSPS) is 11.6. The highest BCUT2D eigenvalue weighted by atomic mass is 16.6. The second-order valence-electron chi connectivity index (χ2n) is 6.61. The lowest BCUT2D eigenvalue weighted by atomic mass is 10.2. The van der Waals surface area contributed by atoms with Crippen LogP contribution in [0.1, 0.15) is 31.3 Å². The molecule has 2 heterocycles. The Hall–Kier alpha value is -3.16. The highest BCUT2D eigenvalue weighted by Gasteiger charge is 2.21. The monoisotopic (exact) mass is 341 g/mol. The number of carbonyl (C=O) groups excluding carboxylic acids is 2. The summed E-state index contributed by atoms with van der Waals surface area (Å²) < 4.78 is 8.40. The summed E-state index contributed by atoms with van der Waals surface area (Å²) in [6, 6.07) is 7.16. The molecule has 0 unspecified atom stereocenters. The van der Waals surface area contributed by atoms with Gasteiger partial charge in [-0.15, -0.1) is 0 Å². The van der Waals surface area contributed by atoms with Crippen LogP contribution in [0.5, 0.6) is 0 Å². The SMILES string of the molecule is CC(C)(C)OC(=O)Cn1nc(C(N)=O)c2cc(-n3cccn3)ccc21. The summed E-state index contributed by atoms with van der Waals surface area (Å²) in [4.78, 5) is 23.8. The van der Waals surface area contributed by atoms with Gasteiger partial charge in [0.25, 0.3) is 5.91 Å². The third-order valence-electron chi connectivity index (χ3n) is 3.44. The van der Waals surface area contributed by atoms with Gasteiger partial charge in [0, 0.05) is 17.8 Å². The van der Waals surface area contributed by atoms with Gasteiger partial charge >= 0.3 is 5.97 Å². The average Bonchev–Trinajstić information content (AvgIpc) is 3.13. The molecule has 3 rings (SSSR count). The van der Waals surface area contributed by atoms with E-state index in [1.165, 1.54) is 4.68 Å². The largest absolute Gasteiger partial charge is 0.459 e. The van der Waals surface area contributed by atoms with Crippen molar-refractivity contribution < 1.29 is 14.3 Å². The molecule has 25 heavy (non-hydrogen) atoms. The van der Waals surface area contributed by atoms with E-state index in [1.807, 2.05) is 6.07 Å². The summed E-state index contributed by atoms with van der Waals surface area (Å²) in [5, 5.41) is 8.91. The molecule has 0 saturated heterocycles. The Kier molecular flexibility index (Phi) is 4.03. The van der Waals surface area contributed by atoms with Crippen LogP contribution >= 0.6 is 0 Å². The molecule has 0 spiro atoms. The fourth-order valence-electron chi connectivity index (χ4n) is 2.53. The first-order valence-corrected chi connectivity index (χ1v) is 7.77. The zero-order valence-electron chi connectivity index (χ0n) is 14.3. The van der Waals surface area contributed by atoms with Crippen LogP contribution in [0.3, 0.4) is 0 Å². The molecule has 0 atom stereocenters. The van der Waals surface area contributed by atoms with Gasteiger partial charge in [0.15, 0.2) is 5.69 Å². The average molecular weight is 341 g/mol. The van der Waals surface area contributed by atoms with Gasteiger partial charge in [0.2, 0.25) is 0 Å². The van der Waals surface area contributed by atoms with Gasteiger partial charge in [-0.25, -0.2) is 4.68 Å². The summed E-state index contributed by atoms with van der Waals surface area (Å²) in [6.07, 6.45) is 3.45. The number of ether oxygens (including phenoxy) is 1. The van der Waals surface area contributed by atoms with Crippen molar-refractivity contribution in [1.82, 2.24) is 19.6 Å². The van der Waals surface area contributed by atoms with Crippen molar-refractivity contribution in [3.05, 3.63) is 42.4 Å². The van der Waals surface area contributed by atoms with E-state index < -0.39 is 17.5 Å². The smallest absolute Gasteiger partial charge is 0.328 e. The van der Waals surface area contributed by atoms with Gasteiger partial charge in [-0.1, -0.05) is 0 Å². The van der Waals surface area contributed by atoms with Crippen molar-refractivity contribution in [1.29, 1.82) is 0 Å². The third kappa shape index (κ3) is 3.52. The Labute approximate surface area is 144 Å². The van der Waals surface area contributed by atoms with Gasteiger partial charge in [-0.2, -0.15) is 10.2 Å². The number of nitrogens with zero attached hydrogens (tertiary/aromatic N) is 4. The molecule has 0 saturated carbocycles. The molecule has 3 aromatic rings. The second kappa shape index (κ2) is 6.04. The molecule has 130 valence electrons. The van der Waals surface area contributed by atoms with E-state index in [4.69, 9.17) is 10.5 Å². The molecule has 0 aliphatic carbocycles. The van der Waals surface area contributed by atoms with Gasteiger partial charge < -0.3 is 10.5 Å². The van der Waals surface area contributed by atoms with E-state index in [9.17, 15) is 9.59 Å². The number of hydrogen-bond donors (Lipinski definition) is 1. The quantitative estimate of drug-likeness (QED) is 0.727. The van der Waals surface area contributed by atoms with Crippen LogP contribution in [0.25, 0.3) is 16.6 Å². The summed E-state index contributed by atoms with van der Waals surface area (Å²) in [5.74, 6) is -1.10. The minimum Gasteiger partial charge on any atom is -0.459 e. The number of aromatic nitrogens is 4. The fourth-order valence-corrected chi connectivity index (χ4v) is 2.53. The maximum Gasteiger partial charge on any atom is 0.328 e. The molecule has 2 aromatic heterocycles. The highest BCUT2D eigenvalue weighted by molar-refractivity contribution is 6.04. The highest BCUT2D eigenvalue weighted by Crippen LogP contribution is 2.22. The molecule has 0 bridgehead atoms. The molecule has 1 amide bonds. The standard InChI is InChI=1S/C17H19N5O3/c1-17(2,3)25-14(23)10-22-13-6-5-11(21-8-4-7-19-21)9-12(13)15(20-22)16(18)24/h4-9H,10H2,1-3H3,(H2,18,24). The van der Waals surface area contributed by atoms with Gasteiger partial charge in [-0.05, 0) is 45.0 Å². The van der Waals surface area contributed by atoms with Gasteiger partial charge in [0.05, 0.1) is 11.2 Å². The second-order valence-corrected chi connectivity index (χ2v) is 6.61. The predicted octanol–water partition coefficient (Wildman–Crippen LogP) is 1.66. The van der Waals surface area contributed by atoms with Crippen molar-refractivity contribution in [3.8, 4) is 5.69 Å². The van der Waals surface area contributed by atoms with Crippen molar-refractivity contribution in [2.24, 2.45) is 5.73 Å². The Morgan fingerprint density at radius 3 is 2.64 bits per heavy atom. The van der Waals surface area contributed by atoms with Crippen LogP contribution in [0.2, 0.25) is 0 Å². The van der Waals surface area contributed by atoms with Crippen LogP contribution < -0.4 is 5.73 Å². The molecule has 0 aliphatic rings. The van der Waals surface area contributed by atoms with E-state index in [0.29, 0.717) is 10.9 Å². The van der Waals surface area contributed by atoms with E-state index >= 15 is 0 Å².